The van der Waals surface area contributed by atoms with Gasteiger partial charge in [0.2, 0.25) is 5.88 Å². The molecular weight excluding hydrogens is 366 g/mol. The Hall–Kier alpha value is -2.90. The molecule has 1 aliphatic heterocycles. The zero-order chi connectivity index (χ0) is 19.9. The van der Waals surface area contributed by atoms with Crippen LogP contribution in [-0.2, 0) is 6.54 Å². The maximum atomic E-state index is 13.4. The van der Waals surface area contributed by atoms with E-state index in [-0.39, 0.29) is 11.9 Å². The third kappa shape index (κ3) is 5.31. The second kappa shape index (κ2) is 9.34. The molecule has 2 N–H and O–H groups in total. The number of pyridine rings is 1. The first kappa shape index (κ1) is 19.9. The van der Waals surface area contributed by atoms with Gasteiger partial charge in [-0.05, 0) is 43.0 Å². The van der Waals surface area contributed by atoms with E-state index >= 15 is 0 Å². The van der Waals surface area contributed by atoms with Gasteiger partial charge < -0.3 is 20.3 Å². The van der Waals surface area contributed by atoms with Gasteiger partial charge >= 0.3 is 6.03 Å². The van der Waals surface area contributed by atoms with Crippen LogP contribution in [0.4, 0.5) is 19.3 Å². The van der Waals surface area contributed by atoms with Gasteiger partial charge in [-0.3, -0.25) is 0 Å². The summed E-state index contributed by atoms with van der Waals surface area (Å²) in [4.78, 5) is 18.1. The normalized spacial score (nSPS) is 16.1. The molecule has 1 atom stereocenters. The minimum Gasteiger partial charge on any atom is -0.478 e. The van der Waals surface area contributed by atoms with Crippen molar-refractivity contribution in [2.24, 2.45) is 5.92 Å². The lowest BCUT2D eigenvalue weighted by Crippen LogP contribution is -2.38. The molecule has 2 aromatic rings. The lowest BCUT2D eigenvalue weighted by atomic mass is 10.1. The Kier molecular flexibility index (Phi) is 6.62. The van der Waals surface area contributed by atoms with E-state index < -0.39 is 11.6 Å². The van der Waals surface area contributed by atoms with Gasteiger partial charge in [0.05, 0.1) is 6.61 Å². The summed E-state index contributed by atoms with van der Waals surface area (Å²) in [6.45, 7) is 4.75. The molecule has 1 aromatic heterocycles. The van der Waals surface area contributed by atoms with Gasteiger partial charge in [0.15, 0.2) is 11.6 Å². The summed E-state index contributed by atoms with van der Waals surface area (Å²) in [7, 11) is 0. The van der Waals surface area contributed by atoms with Crippen molar-refractivity contribution >= 4 is 11.7 Å². The molecule has 1 unspecified atom stereocenters. The molecule has 6 nitrogen and oxygen atoms in total. The second-order valence-electron chi connectivity index (χ2n) is 6.70. The highest BCUT2D eigenvalue weighted by molar-refractivity contribution is 5.73. The van der Waals surface area contributed by atoms with Gasteiger partial charge in [0.25, 0.3) is 0 Å². The summed E-state index contributed by atoms with van der Waals surface area (Å²) in [5.41, 5.74) is 1.56. The van der Waals surface area contributed by atoms with Crippen LogP contribution in [0.1, 0.15) is 18.9 Å². The van der Waals surface area contributed by atoms with Gasteiger partial charge in [-0.1, -0.05) is 0 Å². The van der Waals surface area contributed by atoms with Gasteiger partial charge in [0, 0.05) is 50.2 Å². The van der Waals surface area contributed by atoms with Crippen molar-refractivity contribution in [2.75, 3.05) is 31.1 Å². The van der Waals surface area contributed by atoms with Crippen molar-refractivity contribution in [3.63, 3.8) is 0 Å². The largest absolute Gasteiger partial charge is 0.478 e. The Bertz CT molecular complexity index is 819. The zero-order valence-corrected chi connectivity index (χ0v) is 15.8. The summed E-state index contributed by atoms with van der Waals surface area (Å²) in [5, 5.41) is 5.68. The van der Waals surface area contributed by atoms with E-state index in [0.717, 1.165) is 24.6 Å². The molecule has 8 heteroatoms. The first-order valence-corrected chi connectivity index (χ1v) is 9.34. The topological polar surface area (TPSA) is 66.5 Å². The molecule has 1 aromatic carbocycles. The summed E-state index contributed by atoms with van der Waals surface area (Å²) < 4.78 is 31.8. The maximum absolute atomic E-state index is 13.4. The highest BCUT2D eigenvalue weighted by atomic mass is 19.2. The van der Waals surface area contributed by atoms with Crippen LogP contribution in [0, 0.1) is 17.6 Å². The summed E-state index contributed by atoms with van der Waals surface area (Å²) in [6.07, 6.45) is 2.52. The molecular formula is C20H24F2N4O2. The van der Waals surface area contributed by atoms with E-state index in [1.807, 2.05) is 17.9 Å². The Morgan fingerprint density at radius 2 is 2.11 bits per heavy atom. The number of amides is 2. The molecule has 1 aliphatic rings. The lowest BCUT2D eigenvalue weighted by Gasteiger charge is -2.19. The van der Waals surface area contributed by atoms with Crippen molar-refractivity contribution < 1.29 is 18.3 Å². The van der Waals surface area contributed by atoms with E-state index in [1.165, 1.54) is 6.07 Å². The molecule has 0 radical (unpaired) electrons. The molecule has 0 spiro atoms. The third-order valence-corrected chi connectivity index (χ3v) is 4.65. The van der Waals surface area contributed by atoms with Crippen LogP contribution in [-0.4, -0.2) is 37.3 Å². The van der Waals surface area contributed by atoms with Crippen molar-refractivity contribution in [1.29, 1.82) is 0 Å². The van der Waals surface area contributed by atoms with Crippen molar-refractivity contribution in [2.45, 2.75) is 19.9 Å². The Balaban J connectivity index is 1.41. The standard InChI is InChI=1S/C20H24F2N4O2/c1-2-28-19-9-14(5-7-23-19)11-24-20(27)25-12-15-6-8-26(13-15)16-3-4-17(21)18(22)10-16/h3-5,7,9-10,15H,2,6,8,11-13H2,1H3,(H2,24,25,27). The highest BCUT2D eigenvalue weighted by Gasteiger charge is 2.23. The van der Waals surface area contributed by atoms with Crippen LogP contribution >= 0.6 is 0 Å². The molecule has 0 saturated carbocycles. The molecule has 1 fully saturated rings. The van der Waals surface area contributed by atoms with Gasteiger partial charge in [0.1, 0.15) is 0 Å². The van der Waals surface area contributed by atoms with Crippen molar-refractivity contribution in [1.82, 2.24) is 15.6 Å². The minimum absolute atomic E-state index is 0.249. The van der Waals surface area contributed by atoms with Gasteiger partial charge in [-0.15, -0.1) is 0 Å². The first-order valence-electron chi connectivity index (χ1n) is 9.34. The van der Waals surface area contributed by atoms with Gasteiger partial charge in [-0.25, -0.2) is 18.6 Å². The predicted octanol–water partition coefficient (Wildman–Crippen LogP) is 3.08. The molecule has 0 bridgehead atoms. The Labute approximate surface area is 162 Å². The molecule has 3 rings (SSSR count). The Morgan fingerprint density at radius 1 is 1.25 bits per heavy atom. The lowest BCUT2D eigenvalue weighted by molar-refractivity contribution is 0.239. The highest BCUT2D eigenvalue weighted by Crippen LogP contribution is 2.25. The number of urea groups is 1. The van der Waals surface area contributed by atoms with E-state index in [9.17, 15) is 13.6 Å². The number of hydrogen-bond acceptors (Lipinski definition) is 4. The average molecular weight is 390 g/mol. The number of carbonyl (C=O) groups is 1. The van der Waals surface area contributed by atoms with Crippen LogP contribution in [0.2, 0.25) is 0 Å². The minimum atomic E-state index is -0.847. The second-order valence-corrected chi connectivity index (χ2v) is 6.70. The maximum Gasteiger partial charge on any atom is 0.315 e. The fourth-order valence-corrected chi connectivity index (χ4v) is 3.18. The molecule has 2 amide bonds. The summed E-state index contributed by atoms with van der Waals surface area (Å²) in [5.74, 6) is -0.905. The van der Waals surface area contributed by atoms with Crippen LogP contribution < -0.4 is 20.3 Å². The molecule has 28 heavy (non-hydrogen) atoms. The van der Waals surface area contributed by atoms with E-state index in [4.69, 9.17) is 4.74 Å². The number of nitrogens with one attached hydrogen (secondary N) is 2. The number of hydrogen-bond donors (Lipinski definition) is 2. The first-order chi connectivity index (χ1) is 13.5. The monoisotopic (exact) mass is 390 g/mol. The Morgan fingerprint density at radius 3 is 2.89 bits per heavy atom. The fraction of sp³-hybridized carbons (Fsp3) is 0.400. The number of rotatable bonds is 7. The third-order valence-electron chi connectivity index (χ3n) is 4.65. The molecule has 2 heterocycles. The quantitative estimate of drug-likeness (QED) is 0.763. The predicted molar refractivity (Wildman–Crippen MR) is 102 cm³/mol. The average Bonchev–Trinajstić information content (AvgIpc) is 3.16. The SMILES string of the molecule is CCOc1cc(CNC(=O)NCC2CCN(c3ccc(F)c(F)c3)C2)ccn1. The van der Waals surface area contributed by atoms with Crippen LogP contribution in [0.5, 0.6) is 5.88 Å². The number of benzene rings is 1. The summed E-state index contributed by atoms with van der Waals surface area (Å²) in [6, 6.07) is 7.29. The van der Waals surface area contributed by atoms with E-state index in [0.29, 0.717) is 37.8 Å². The molecule has 150 valence electrons. The number of halogens is 2. The zero-order valence-electron chi connectivity index (χ0n) is 15.8. The van der Waals surface area contributed by atoms with Gasteiger partial charge in [-0.2, -0.15) is 0 Å². The summed E-state index contributed by atoms with van der Waals surface area (Å²) >= 11 is 0. The van der Waals surface area contributed by atoms with Crippen molar-refractivity contribution in [3.05, 3.63) is 53.7 Å². The fourth-order valence-electron chi connectivity index (χ4n) is 3.18. The van der Waals surface area contributed by atoms with Crippen molar-refractivity contribution in [3.8, 4) is 5.88 Å². The number of anilines is 1. The number of ether oxygens (including phenoxy) is 1. The van der Waals surface area contributed by atoms with Crippen LogP contribution in [0.25, 0.3) is 0 Å². The number of carbonyl (C=O) groups excluding carboxylic acids is 1. The number of nitrogens with zero attached hydrogens (tertiary/aromatic N) is 2. The molecule has 0 aliphatic carbocycles. The van der Waals surface area contributed by atoms with Crippen LogP contribution in [0.15, 0.2) is 36.5 Å². The van der Waals surface area contributed by atoms with E-state index in [1.54, 1.807) is 18.3 Å². The smallest absolute Gasteiger partial charge is 0.315 e. The van der Waals surface area contributed by atoms with Crippen LogP contribution in [0.3, 0.4) is 0 Å². The number of aromatic nitrogens is 1. The van der Waals surface area contributed by atoms with E-state index in [2.05, 4.69) is 15.6 Å². The molecule has 1 saturated heterocycles.